The van der Waals surface area contributed by atoms with E-state index >= 15 is 0 Å². The highest BCUT2D eigenvalue weighted by molar-refractivity contribution is 5.80. The third-order valence-electron chi connectivity index (χ3n) is 5.64. The minimum atomic E-state index is 0.255. The van der Waals surface area contributed by atoms with Crippen LogP contribution in [0.1, 0.15) is 48.8 Å². The topological polar surface area (TPSA) is 57.5 Å². The van der Waals surface area contributed by atoms with Gasteiger partial charge in [0.2, 0.25) is 0 Å². The van der Waals surface area contributed by atoms with Crippen LogP contribution in [0.5, 0.6) is 0 Å². The van der Waals surface area contributed by atoms with Crippen molar-refractivity contribution in [1.29, 1.82) is 0 Å². The SMILES string of the molecule is CN=C(NCc1ccccc1CN(C)C(C)C)NC(C)Cc1c(C)nn(C)c1C. The van der Waals surface area contributed by atoms with Gasteiger partial charge in [0.15, 0.2) is 5.96 Å². The van der Waals surface area contributed by atoms with Gasteiger partial charge >= 0.3 is 0 Å². The first-order valence-corrected chi connectivity index (χ1v) is 10.5. The molecule has 1 aromatic heterocycles. The summed E-state index contributed by atoms with van der Waals surface area (Å²) in [7, 11) is 5.99. The summed E-state index contributed by atoms with van der Waals surface area (Å²) >= 11 is 0. The maximum absolute atomic E-state index is 4.52. The average Bonchev–Trinajstić information content (AvgIpc) is 2.92. The first-order chi connectivity index (χ1) is 13.7. The van der Waals surface area contributed by atoms with Gasteiger partial charge in [-0.3, -0.25) is 14.6 Å². The lowest BCUT2D eigenvalue weighted by molar-refractivity contribution is 0.265. The van der Waals surface area contributed by atoms with Gasteiger partial charge in [-0.15, -0.1) is 0 Å². The van der Waals surface area contributed by atoms with Crippen molar-refractivity contribution >= 4 is 5.96 Å². The minimum absolute atomic E-state index is 0.255. The molecule has 0 radical (unpaired) electrons. The van der Waals surface area contributed by atoms with Gasteiger partial charge in [0.05, 0.1) is 5.69 Å². The number of benzene rings is 1. The van der Waals surface area contributed by atoms with Crippen molar-refractivity contribution in [3.05, 3.63) is 52.3 Å². The Bertz CT molecular complexity index is 821. The quantitative estimate of drug-likeness (QED) is 0.530. The Morgan fingerprint density at radius 1 is 1.17 bits per heavy atom. The van der Waals surface area contributed by atoms with Crippen molar-refractivity contribution < 1.29 is 0 Å². The van der Waals surface area contributed by atoms with Crippen molar-refractivity contribution in [2.24, 2.45) is 12.0 Å². The first kappa shape index (κ1) is 22.9. The van der Waals surface area contributed by atoms with Crippen LogP contribution in [0.15, 0.2) is 29.3 Å². The van der Waals surface area contributed by atoms with E-state index in [9.17, 15) is 0 Å². The number of guanidine groups is 1. The fourth-order valence-electron chi connectivity index (χ4n) is 3.41. The molecule has 1 heterocycles. The molecule has 160 valence electrons. The molecule has 1 unspecified atom stereocenters. The van der Waals surface area contributed by atoms with Crippen LogP contribution >= 0.6 is 0 Å². The summed E-state index contributed by atoms with van der Waals surface area (Å²) in [5, 5.41) is 11.5. The monoisotopic (exact) mass is 398 g/mol. The van der Waals surface area contributed by atoms with Crippen LogP contribution in [0, 0.1) is 13.8 Å². The van der Waals surface area contributed by atoms with E-state index in [1.54, 1.807) is 0 Å². The Morgan fingerprint density at radius 3 is 2.38 bits per heavy atom. The Balaban J connectivity index is 1.97. The Morgan fingerprint density at radius 2 is 1.83 bits per heavy atom. The van der Waals surface area contributed by atoms with Crippen LogP contribution in [0.2, 0.25) is 0 Å². The van der Waals surface area contributed by atoms with Crippen LogP contribution in [-0.4, -0.2) is 46.8 Å². The molecule has 2 rings (SSSR count). The maximum atomic E-state index is 4.52. The summed E-state index contributed by atoms with van der Waals surface area (Å²) in [4.78, 5) is 6.77. The van der Waals surface area contributed by atoms with Gasteiger partial charge in [0, 0.05) is 45.0 Å². The smallest absolute Gasteiger partial charge is 0.191 e. The molecule has 0 amide bonds. The van der Waals surface area contributed by atoms with Gasteiger partial charge < -0.3 is 10.6 Å². The third-order valence-corrected chi connectivity index (χ3v) is 5.64. The number of aryl methyl sites for hydroxylation is 2. The predicted octanol–water partition coefficient (Wildman–Crippen LogP) is 3.17. The standard InChI is InChI=1S/C23H38N6/c1-16(2)28(7)15-21-12-10-9-11-20(21)14-25-23(24-6)26-17(3)13-22-18(4)27-29(8)19(22)5/h9-12,16-17H,13-15H2,1-8H3,(H2,24,25,26). The van der Waals surface area contributed by atoms with E-state index in [1.165, 1.54) is 22.4 Å². The van der Waals surface area contributed by atoms with Crippen LogP contribution in [-0.2, 0) is 26.6 Å². The van der Waals surface area contributed by atoms with Gasteiger partial charge in [-0.2, -0.15) is 5.10 Å². The summed E-state index contributed by atoms with van der Waals surface area (Å²) < 4.78 is 1.95. The fraction of sp³-hybridized carbons (Fsp3) is 0.565. The average molecular weight is 399 g/mol. The molecule has 0 saturated carbocycles. The van der Waals surface area contributed by atoms with E-state index in [4.69, 9.17) is 0 Å². The number of hydrogen-bond donors (Lipinski definition) is 2. The van der Waals surface area contributed by atoms with Crippen molar-refractivity contribution in [2.45, 2.75) is 66.2 Å². The lowest BCUT2D eigenvalue weighted by Crippen LogP contribution is -2.43. The maximum Gasteiger partial charge on any atom is 0.191 e. The van der Waals surface area contributed by atoms with E-state index in [-0.39, 0.29) is 6.04 Å². The zero-order valence-electron chi connectivity index (χ0n) is 19.4. The third kappa shape index (κ3) is 6.32. The van der Waals surface area contributed by atoms with Crippen molar-refractivity contribution in [3.8, 4) is 0 Å². The molecule has 1 atom stereocenters. The van der Waals surface area contributed by atoms with Crippen LogP contribution in [0.4, 0.5) is 0 Å². The zero-order chi connectivity index (χ0) is 21.6. The summed E-state index contributed by atoms with van der Waals surface area (Å²) in [5.41, 5.74) is 6.29. The largest absolute Gasteiger partial charge is 0.354 e. The Labute approximate surface area is 176 Å². The number of nitrogens with one attached hydrogen (secondary N) is 2. The lowest BCUT2D eigenvalue weighted by Gasteiger charge is -2.23. The number of nitrogens with zero attached hydrogens (tertiary/aromatic N) is 4. The zero-order valence-corrected chi connectivity index (χ0v) is 19.4. The fourth-order valence-corrected chi connectivity index (χ4v) is 3.41. The lowest BCUT2D eigenvalue weighted by atomic mass is 10.1. The molecule has 0 aliphatic heterocycles. The highest BCUT2D eigenvalue weighted by Crippen LogP contribution is 2.15. The van der Waals surface area contributed by atoms with Crippen molar-refractivity contribution in [2.75, 3.05) is 14.1 Å². The van der Waals surface area contributed by atoms with Gasteiger partial charge in [-0.05, 0) is 64.8 Å². The highest BCUT2D eigenvalue weighted by atomic mass is 15.3. The molecule has 6 nitrogen and oxygen atoms in total. The van der Waals surface area contributed by atoms with Crippen LogP contribution in [0.25, 0.3) is 0 Å². The van der Waals surface area contributed by atoms with Crippen molar-refractivity contribution in [3.63, 3.8) is 0 Å². The number of rotatable bonds is 8. The Hall–Kier alpha value is -2.34. The second kappa shape index (κ2) is 10.4. The van der Waals surface area contributed by atoms with Crippen molar-refractivity contribution in [1.82, 2.24) is 25.3 Å². The molecule has 0 aliphatic rings. The van der Waals surface area contributed by atoms with E-state index < -0.39 is 0 Å². The summed E-state index contributed by atoms with van der Waals surface area (Å²) in [6.45, 7) is 12.5. The molecule has 0 fully saturated rings. The van der Waals surface area contributed by atoms with Gasteiger partial charge in [0.1, 0.15) is 0 Å². The van der Waals surface area contributed by atoms with Crippen LogP contribution in [0.3, 0.4) is 0 Å². The summed E-state index contributed by atoms with van der Waals surface area (Å²) in [6.07, 6.45) is 0.919. The number of aliphatic imine (C=N–C) groups is 1. The predicted molar refractivity (Wildman–Crippen MR) is 122 cm³/mol. The van der Waals surface area contributed by atoms with Gasteiger partial charge in [-0.1, -0.05) is 24.3 Å². The van der Waals surface area contributed by atoms with E-state index in [0.29, 0.717) is 6.04 Å². The van der Waals surface area contributed by atoms with E-state index in [0.717, 1.165) is 31.2 Å². The molecule has 0 saturated heterocycles. The number of aromatic nitrogens is 2. The van der Waals surface area contributed by atoms with E-state index in [2.05, 4.69) is 91.6 Å². The molecule has 29 heavy (non-hydrogen) atoms. The highest BCUT2D eigenvalue weighted by Gasteiger charge is 2.14. The molecular formula is C23H38N6. The molecular weight excluding hydrogens is 360 g/mol. The van der Waals surface area contributed by atoms with E-state index in [1.807, 2.05) is 18.8 Å². The minimum Gasteiger partial charge on any atom is -0.354 e. The molecule has 0 aliphatic carbocycles. The second-order valence-corrected chi connectivity index (χ2v) is 8.23. The van der Waals surface area contributed by atoms with Gasteiger partial charge in [-0.25, -0.2) is 0 Å². The molecule has 2 N–H and O–H groups in total. The first-order valence-electron chi connectivity index (χ1n) is 10.5. The molecule has 2 aromatic rings. The van der Waals surface area contributed by atoms with Crippen LogP contribution < -0.4 is 10.6 Å². The molecule has 6 heteroatoms. The molecule has 1 aromatic carbocycles. The number of hydrogen-bond acceptors (Lipinski definition) is 3. The summed E-state index contributed by atoms with van der Waals surface area (Å²) in [6, 6.07) is 9.39. The second-order valence-electron chi connectivity index (χ2n) is 8.23. The Kier molecular flexibility index (Phi) is 8.26. The normalized spacial score (nSPS) is 13.2. The molecule has 0 bridgehead atoms. The van der Waals surface area contributed by atoms with Gasteiger partial charge in [0.25, 0.3) is 0 Å². The molecule has 0 spiro atoms. The summed E-state index contributed by atoms with van der Waals surface area (Å²) in [5.74, 6) is 0.823.